The number of alkyl halides is 5. The van der Waals surface area contributed by atoms with Crippen molar-refractivity contribution in [1.29, 1.82) is 0 Å². The third kappa shape index (κ3) is 2.36. The Morgan fingerprint density at radius 2 is 1.87 bits per heavy atom. The van der Waals surface area contributed by atoms with E-state index in [1.54, 1.807) is 0 Å². The standard InChI is InChI=1S/C7H4BrF5N2/c8-3-2(7(11,12)13)1-15-5(4(3)14)6(9)10/h1,6H,14H2. The number of hydrogen-bond donors (Lipinski definition) is 1. The van der Waals surface area contributed by atoms with Crippen LogP contribution in [0.4, 0.5) is 27.6 Å². The van der Waals surface area contributed by atoms with E-state index in [4.69, 9.17) is 5.73 Å². The summed E-state index contributed by atoms with van der Waals surface area (Å²) in [4.78, 5) is 2.98. The third-order valence-electron chi connectivity index (χ3n) is 1.59. The van der Waals surface area contributed by atoms with Crippen molar-refractivity contribution in [2.75, 3.05) is 5.73 Å². The SMILES string of the molecule is Nc1c(C(F)F)ncc(C(F)(F)F)c1Br. The number of anilines is 1. The van der Waals surface area contributed by atoms with Crippen molar-refractivity contribution in [2.45, 2.75) is 12.6 Å². The number of nitrogens with zero attached hydrogens (tertiary/aromatic N) is 1. The fourth-order valence-corrected chi connectivity index (χ4v) is 1.42. The van der Waals surface area contributed by atoms with Gasteiger partial charge in [-0.2, -0.15) is 13.2 Å². The highest BCUT2D eigenvalue weighted by Gasteiger charge is 2.35. The Morgan fingerprint density at radius 1 is 1.33 bits per heavy atom. The van der Waals surface area contributed by atoms with Crippen molar-refractivity contribution in [2.24, 2.45) is 0 Å². The van der Waals surface area contributed by atoms with Crippen LogP contribution in [0.25, 0.3) is 0 Å². The molecule has 0 fully saturated rings. The molecule has 0 aliphatic heterocycles. The Labute approximate surface area is 89.4 Å². The van der Waals surface area contributed by atoms with E-state index in [1.165, 1.54) is 0 Å². The first-order valence-electron chi connectivity index (χ1n) is 3.54. The molecule has 0 radical (unpaired) electrons. The molecule has 15 heavy (non-hydrogen) atoms. The quantitative estimate of drug-likeness (QED) is 0.805. The second kappa shape index (κ2) is 3.92. The molecule has 1 heterocycles. The molecule has 0 unspecified atom stereocenters. The van der Waals surface area contributed by atoms with Gasteiger partial charge in [0.05, 0.1) is 15.7 Å². The van der Waals surface area contributed by atoms with E-state index in [9.17, 15) is 22.0 Å². The summed E-state index contributed by atoms with van der Waals surface area (Å²) in [6.07, 6.45) is -7.37. The Balaban J connectivity index is 3.34. The maximum Gasteiger partial charge on any atom is 0.419 e. The maximum atomic E-state index is 12.2. The van der Waals surface area contributed by atoms with Crippen LogP contribution in [0.5, 0.6) is 0 Å². The second-order valence-corrected chi connectivity index (χ2v) is 3.38. The largest absolute Gasteiger partial charge is 0.419 e. The number of halogens is 6. The van der Waals surface area contributed by atoms with Gasteiger partial charge in [-0.05, 0) is 15.9 Å². The molecule has 8 heteroatoms. The van der Waals surface area contributed by atoms with E-state index in [0.29, 0.717) is 6.20 Å². The number of nitrogens with two attached hydrogens (primary N) is 1. The predicted octanol–water partition coefficient (Wildman–Crippen LogP) is 3.38. The van der Waals surface area contributed by atoms with Crippen LogP contribution in [0, 0.1) is 0 Å². The molecule has 0 spiro atoms. The van der Waals surface area contributed by atoms with Gasteiger partial charge in [0, 0.05) is 6.20 Å². The van der Waals surface area contributed by atoms with E-state index in [-0.39, 0.29) is 0 Å². The molecule has 0 saturated heterocycles. The average molecular weight is 291 g/mol. The summed E-state index contributed by atoms with van der Waals surface area (Å²) in [5.74, 6) is 0. The van der Waals surface area contributed by atoms with Gasteiger partial charge in [-0.1, -0.05) is 0 Å². The smallest absolute Gasteiger partial charge is 0.396 e. The Bertz CT molecular complexity index is 376. The Morgan fingerprint density at radius 3 is 2.27 bits per heavy atom. The monoisotopic (exact) mass is 290 g/mol. The number of hydrogen-bond acceptors (Lipinski definition) is 2. The number of aromatic nitrogens is 1. The van der Waals surface area contributed by atoms with Crippen LogP contribution < -0.4 is 5.73 Å². The molecule has 0 aliphatic rings. The number of pyridine rings is 1. The molecule has 2 N–H and O–H groups in total. The predicted molar refractivity (Wildman–Crippen MR) is 46.3 cm³/mol. The average Bonchev–Trinajstić information content (AvgIpc) is 2.06. The van der Waals surface area contributed by atoms with Gasteiger partial charge in [0.25, 0.3) is 6.43 Å². The molecule has 1 rings (SSSR count). The molecule has 1 aromatic rings. The lowest BCUT2D eigenvalue weighted by molar-refractivity contribution is -0.138. The molecule has 0 amide bonds. The van der Waals surface area contributed by atoms with E-state index in [0.717, 1.165) is 0 Å². The van der Waals surface area contributed by atoms with Gasteiger partial charge >= 0.3 is 6.18 Å². The summed E-state index contributed by atoms with van der Waals surface area (Å²) in [6, 6.07) is 0. The highest BCUT2D eigenvalue weighted by Crippen LogP contribution is 2.39. The van der Waals surface area contributed by atoms with Gasteiger partial charge in [-0.15, -0.1) is 0 Å². The molecule has 0 aromatic carbocycles. The minimum atomic E-state index is -4.68. The Kier molecular flexibility index (Phi) is 3.17. The first-order valence-corrected chi connectivity index (χ1v) is 4.33. The summed E-state index contributed by atoms with van der Waals surface area (Å²) in [5.41, 5.74) is 2.35. The summed E-state index contributed by atoms with van der Waals surface area (Å²) in [7, 11) is 0. The molecule has 0 bridgehead atoms. The highest BCUT2D eigenvalue weighted by atomic mass is 79.9. The van der Waals surface area contributed by atoms with Crippen molar-refractivity contribution >= 4 is 21.6 Å². The summed E-state index contributed by atoms with van der Waals surface area (Å²) < 4.78 is 60.5. The van der Waals surface area contributed by atoms with Gasteiger partial charge in [0.1, 0.15) is 5.69 Å². The van der Waals surface area contributed by atoms with Crippen LogP contribution in [0.3, 0.4) is 0 Å². The lowest BCUT2D eigenvalue weighted by Gasteiger charge is -2.12. The molecular weight excluding hydrogens is 287 g/mol. The Hall–Kier alpha value is -0.920. The van der Waals surface area contributed by atoms with Crippen molar-refractivity contribution < 1.29 is 22.0 Å². The van der Waals surface area contributed by atoms with E-state index in [2.05, 4.69) is 20.9 Å². The van der Waals surface area contributed by atoms with Gasteiger partial charge in [-0.3, -0.25) is 4.98 Å². The third-order valence-corrected chi connectivity index (χ3v) is 2.45. The zero-order chi connectivity index (χ0) is 11.8. The molecule has 0 saturated carbocycles. The molecule has 0 atom stereocenters. The minimum Gasteiger partial charge on any atom is -0.396 e. The summed E-state index contributed by atoms with van der Waals surface area (Å²) in [6.45, 7) is 0. The van der Waals surface area contributed by atoms with Crippen LogP contribution in [0.15, 0.2) is 10.7 Å². The fraction of sp³-hybridized carbons (Fsp3) is 0.286. The second-order valence-electron chi connectivity index (χ2n) is 2.58. The van der Waals surface area contributed by atoms with Gasteiger partial charge < -0.3 is 5.73 Å². The lowest BCUT2D eigenvalue weighted by Crippen LogP contribution is -2.10. The van der Waals surface area contributed by atoms with E-state index >= 15 is 0 Å². The van der Waals surface area contributed by atoms with Crippen molar-refractivity contribution in [3.63, 3.8) is 0 Å². The van der Waals surface area contributed by atoms with Gasteiger partial charge in [0.2, 0.25) is 0 Å². The van der Waals surface area contributed by atoms with E-state index < -0.39 is 34.0 Å². The molecular formula is C7H4BrF5N2. The summed E-state index contributed by atoms with van der Waals surface area (Å²) >= 11 is 2.52. The topological polar surface area (TPSA) is 38.9 Å². The summed E-state index contributed by atoms with van der Waals surface area (Å²) in [5, 5.41) is 0. The molecule has 84 valence electrons. The highest BCUT2D eigenvalue weighted by molar-refractivity contribution is 9.10. The zero-order valence-corrected chi connectivity index (χ0v) is 8.53. The van der Waals surface area contributed by atoms with Gasteiger partial charge in [0.15, 0.2) is 0 Å². The van der Waals surface area contributed by atoms with Crippen molar-refractivity contribution in [3.8, 4) is 0 Å². The van der Waals surface area contributed by atoms with Crippen LogP contribution in [0.1, 0.15) is 17.7 Å². The lowest BCUT2D eigenvalue weighted by atomic mass is 10.2. The van der Waals surface area contributed by atoms with Crippen LogP contribution in [-0.4, -0.2) is 4.98 Å². The minimum absolute atomic E-state index is 0.321. The van der Waals surface area contributed by atoms with Crippen molar-refractivity contribution in [3.05, 3.63) is 21.9 Å². The first-order chi connectivity index (χ1) is 6.75. The normalized spacial score (nSPS) is 12.2. The van der Waals surface area contributed by atoms with Crippen LogP contribution in [-0.2, 0) is 6.18 Å². The van der Waals surface area contributed by atoms with Crippen LogP contribution >= 0.6 is 15.9 Å². The number of nitrogen functional groups attached to an aromatic ring is 1. The zero-order valence-electron chi connectivity index (χ0n) is 6.95. The van der Waals surface area contributed by atoms with Crippen molar-refractivity contribution in [1.82, 2.24) is 4.98 Å². The maximum absolute atomic E-state index is 12.2. The molecule has 1 aromatic heterocycles. The fourth-order valence-electron chi connectivity index (χ4n) is 0.889. The number of rotatable bonds is 1. The first kappa shape index (κ1) is 12.2. The van der Waals surface area contributed by atoms with E-state index in [1.807, 2.05) is 0 Å². The molecule has 0 aliphatic carbocycles. The van der Waals surface area contributed by atoms with Crippen LogP contribution in [0.2, 0.25) is 0 Å². The van der Waals surface area contributed by atoms with Gasteiger partial charge in [-0.25, -0.2) is 8.78 Å². The molecule has 2 nitrogen and oxygen atoms in total.